The molecular formula is C13H18N2O5S. The lowest BCUT2D eigenvalue weighted by molar-refractivity contribution is -0.118. The minimum absolute atomic E-state index is 0.0819. The largest absolute Gasteiger partial charge is 0.393 e. The lowest BCUT2D eigenvalue weighted by atomic mass is 9.96. The third-order valence-electron chi connectivity index (χ3n) is 3.64. The first kappa shape index (κ1) is 16.1. The zero-order valence-corrected chi connectivity index (χ0v) is 11.9. The van der Waals surface area contributed by atoms with Gasteiger partial charge in [-0.05, 0) is 24.4 Å². The molecule has 2 rings (SSSR count). The highest BCUT2D eigenvalue weighted by Crippen LogP contribution is 2.31. The first-order valence-electron chi connectivity index (χ1n) is 6.40. The molecular weight excluding hydrogens is 296 g/mol. The molecule has 1 aromatic carbocycles. The van der Waals surface area contributed by atoms with E-state index in [9.17, 15) is 25.5 Å². The minimum Gasteiger partial charge on any atom is -0.393 e. The number of anilines is 1. The number of benzene rings is 1. The van der Waals surface area contributed by atoms with Gasteiger partial charge in [0, 0.05) is 5.69 Å². The molecule has 0 unspecified atom stereocenters. The van der Waals surface area contributed by atoms with Gasteiger partial charge in [0.05, 0.1) is 12.6 Å². The van der Waals surface area contributed by atoms with Gasteiger partial charge in [-0.2, -0.15) is 0 Å². The van der Waals surface area contributed by atoms with Crippen LogP contribution in [-0.2, 0) is 0 Å². The highest BCUT2D eigenvalue weighted by atomic mass is 32.1. The third kappa shape index (κ3) is 3.00. The van der Waals surface area contributed by atoms with Crippen molar-refractivity contribution in [3.63, 3.8) is 0 Å². The molecule has 1 saturated carbocycles. The standard InChI is InChI=1S/C13H18N2O5S/c16-6-13(20)10(8(17)9(18)11(13)19)15-12(21)14-7-4-2-1-3-5-7/h1-5,8-11,16-20H,6H2,(H2,14,15,21)/t8-,9-,10-,11+,13+/m1/s1. The number of para-hydroxylation sites is 1. The number of aliphatic hydroxyl groups excluding tert-OH is 4. The predicted octanol–water partition coefficient (Wildman–Crippen LogP) is -1.84. The zero-order valence-electron chi connectivity index (χ0n) is 11.0. The van der Waals surface area contributed by atoms with Crippen LogP contribution in [0.25, 0.3) is 0 Å². The average Bonchev–Trinajstić information content (AvgIpc) is 2.64. The fourth-order valence-corrected chi connectivity index (χ4v) is 2.64. The summed E-state index contributed by atoms with van der Waals surface area (Å²) in [5, 5.41) is 54.3. The second kappa shape index (κ2) is 6.22. The summed E-state index contributed by atoms with van der Waals surface area (Å²) >= 11 is 5.06. The fourth-order valence-electron chi connectivity index (χ4n) is 2.39. The van der Waals surface area contributed by atoms with E-state index in [2.05, 4.69) is 10.6 Å². The van der Waals surface area contributed by atoms with Gasteiger partial charge >= 0.3 is 0 Å². The minimum atomic E-state index is -2.10. The van der Waals surface area contributed by atoms with Gasteiger partial charge in [0.15, 0.2) is 5.11 Å². The van der Waals surface area contributed by atoms with Crippen LogP contribution in [0.15, 0.2) is 30.3 Å². The lowest BCUT2D eigenvalue weighted by Gasteiger charge is -2.32. The van der Waals surface area contributed by atoms with Crippen LogP contribution in [0, 0.1) is 0 Å². The van der Waals surface area contributed by atoms with Crippen LogP contribution in [-0.4, -0.2) is 67.2 Å². The van der Waals surface area contributed by atoms with Crippen molar-refractivity contribution in [1.82, 2.24) is 5.32 Å². The Kier molecular flexibility index (Phi) is 4.77. The lowest BCUT2D eigenvalue weighted by Crippen LogP contribution is -2.59. The Balaban J connectivity index is 2.08. The van der Waals surface area contributed by atoms with Crippen molar-refractivity contribution in [2.45, 2.75) is 30.0 Å². The average molecular weight is 314 g/mol. The summed E-state index contributed by atoms with van der Waals surface area (Å²) in [5.41, 5.74) is -1.41. The predicted molar refractivity (Wildman–Crippen MR) is 79.6 cm³/mol. The smallest absolute Gasteiger partial charge is 0.171 e. The highest BCUT2D eigenvalue weighted by molar-refractivity contribution is 7.80. The molecule has 0 aromatic heterocycles. The summed E-state index contributed by atoms with van der Waals surface area (Å²) in [6, 6.07) is 7.75. The van der Waals surface area contributed by atoms with Crippen LogP contribution in [0.3, 0.4) is 0 Å². The number of aliphatic hydroxyl groups is 5. The molecule has 1 fully saturated rings. The molecule has 0 aliphatic heterocycles. The quantitative estimate of drug-likeness (QED) is 0.325. The van der Waals surface area contributed by atoms with E-state index in [0.717, 1.165) is 0 Å². The Morgan fingerprint density at radius 1 is 1.14 bits per heavy atom. The molecule has 0 amide bonds. The van der Waals surface area contributed by atoms with Crippen LogP contribution >= 0.6 is 12.2 Å². The van der Waals surface area contributed by atoms with Crippen molar-refractivity contribution >= 4 is 23.0 Å². The monoisotopic (exact) mass is 314 g/mol. The van der Waals surface area contributed by atoms with Gasteiger partial charge in [0.2, 0.25) is 0 Å². The van der Waals surface area contributed by atoms with Gasteiger partial charge in [-0.3, -0.25) is 0 Å². The molecule has 0 radical (unpaired) electrons. The molecule has 0 bridgehead atoms. The maximum atomic E-state index is 10.2. The van der Waals surface area contributed by atoms with E-state index in [1.807, 2.05) is 6.07 Å². The van der Waals surface area contributed by atoms with E-state index in [0.29, 0.717) is 5.69 Å². The Morgan fingerprint density at radius 2 is 1.76 bits per heavy atom. The fraction of sp³-hybridized carbons (Fsp3) is 0.462. The van der Waals surface area contributed by atoms with E-state index in [1.165, 1.54) is 0 Å². The topological polar surface area (TPSA) is 125 Å². The van der Waals surface area contributed by atoms with Crippen LogP contribution in [0.2, 0.25) is 0 Å². The SMILES string of the molecule is OC[C@]1(O)[C@H](NC(=S)Nc2ccccc2)[C@H](O)[C@@H](O)[C@@H]1O. The summed E-state index contributed by atoms with van der Waals surface area (Å²) in [6.07, 6.45) is -4.75. The van der Waals surface area contributed by atoms with Gasteiger partial charge in [0.1, 0.15) is 23.9 Å². The molecule has 7 nitrogen and oxygen atoms in total. The second-order valence-corrected chi connectivity index (χ2v) is 5.43. The summed E-state index contributed by atoms with van der Waals surface area (Å²) < 4.78 is 0. The van der Waals surface area contributed by atoms with Crippen LogP contribution in [0.5, 0.6) is 0 Å². The Labute approximate surface area is 126 Å². The molecule has 1 aliphatic rings. The molecule has 0 spiro atoms. The van der Waals surface area contributed by atoms with Gasteiger partial charge in [-0.1, -0.05) is 18.2 Å². The summed E-state index contributed by atoms with van der Waals surface area (Å²) in [6.45, 7) is -0.839. The maximum absolute atomic E-state index is 10.2. The van der Waals surface area contributed by atoms with E-state index in [1.54, 1.807) is 24.3 Å². The molecule has 7 N–H and O–H groups in total. The van der Waals surface area contributed by atoms with Crippen molar-refractivity contribution in [3.05, 3.63) is 30.3 Å². The summed E-state index contributed by atoms with van der Waals surface area (Å²) in [4.78, 5) is 0. The van der Waals surface area contributed by atoms with Crippen molar-refractivity contribution in [2.24, 2.45) is 0 Å². The number of thiocarbonyl (C=S) groups is 1. The van der Waals surface area contributed by atoms with Crippen LogP contribution in [0.4, 0.5) is 5.69 Å². The molecule has 0 saturated heterocycles. The molecule has 116 valence electrons. The van der Waals surface area contributed by atoms with E-state index >= 15 is 0 Å². The molecule has 1 aliphatic carbocycles. The number of nitrogens with one attached hydrogen (secondary N) is 2. The van der Waals surface area contributed by atoms with Gasteiger partial charge in [0.25, 0.3) is 0 Å². The van der Waals surface area contributed by atoms with E-state index in [4.69, 9.17) is 12.2 Å². The summed E-state index contributed by atoms with van der Waals surface area (Å²) in [5.74, 6) is 0. The number of hydrogen-bond acceptors (Lipinski definition) is 6. The van der Waals surface area contributed by atoms with E-state index < -0.39 is 36.6 Å². The number of hydrogen-bond donors (Lipinski definition) is 7. The Morgan fingerprint density at radius 3 is 2.33 bits per heavy atom. The van der Waals surface area contributed by atoms with Crippen molar-refractivity contribution in [3.8, 4) is 0 Å². The number of rotatable bonds is 3. The van der Waals surface area contributed by atoms with Gasteiger partial charge in [-0.15, -0.1) is 0 Å². The molecule has 1 aromatic rings. The maximum Gasteiger partial charge on any atom is 0.171 e. The van der Waals surface area contributed by atoms with Crippen molar-refractivity contribution in [1.29, 1.82) is 0 Å². The molecule has 0 heterocycles. The molecule has 8 heteroatoms. The Hall–Kier alpha value is -1.29. The highest BCUT2D eigenvalue weighted by Gasteiger charge is 2.59. The van der Waals surface area contributed by atoms with Crippen LogP contribution in [0.1, 0.15) is 0 Å². The molecule has 21 heavy (non-hydrogen) atoms. The third-order valence-corrected chi connectivity index (χ3v) is 3.86. The first-order valence-corrected chi connectivity index (χ1v) is 6.81. The second-order valence-electron chi connectivity index (χ2n) is 5.02. The van der Waals surface area contributed by atoms with E-state index in [-0.39, 0.29) is 5.11 Å². The molecule has 5 atom stereocenters. The van der Waals surface area contributed by atoms with Crippen molar-refractivity contribution in [2.75, 3.05) is 11.9 Å². The Bertz CT molecular complexity index is 503. The summed E-state index contributed by atoms with van der Waals surface area (Å²) in [7, 11) is 0. The zero-order chi connectivity index (χ0) is 15.6. The van der Waals surface area contributed by atoms with Crippen LogP contribution < -0.4 is 10.6 Å². The first-order chi connectivity index (χ1) is 9.90. The van der Waals surface area contributed by atoms with Crippen molar-refractivity contribution < 1.29 is 25.5 Å². The van der Waals surface area contributed by atoms with Gasteiger partial charge in [-0.25, -0.2) is 0 Å². The normalized spacial score (nSPS) is 35.5. The van der Waals surface area contributed by atoms with Gasteiger partial charge < -0.3 is 36.2 Å².